The third-order valence-electron chi connectivity index (χ3n) is 7.25. The standard InChI is InChI=1S/C32H40N4O9/c1-5-20-16-23(33-14-7-6-11-25(20)42-2)31(40)35-18-28(38)36-22(17-21-10-9-15-34-30(21)39)24(37)19-45-32(41)29-26(43-3)12-8-13-27(29)44-4/h5-8,11-13,16,20-22,33H,1,9-10,14-15,17-19H2,2-4H3,(H,34,39)(H,35,40)(H,36,38)/b7-6-,23-16-,25-11+/t20?,21-,22-/m0/s1. The number of carbonyl (C=O) groups excluding carboxylic acids is 5. The fraction of sp³-hybridized carbons (Fsp3) is 0.406. The Morgan fingerprint density at radius 3 is 2.47 bits per heavy atom. The van der Waals surface area contributed by atoms with E-state index in [0.717, 1.165) is 0 Å². The molecule has 3 amide bonds. The number of nitrogens with one attached hydrogen (secondary N) is 4. The molecule has 3 atom stereocenters. The minimum Gasteiger partial charge on any atom is -0.500 e. The summed E-state index contributed by atoms with van der Waals surface area (Å²) in [7, 11) is 4.28. The van der Waals surface area contributed by atoms with Crippen molar-refractivity contribution >= 4 is 29.5 Å². The normalized spacial score (nSPS) is 21.5. The van der Waals surface area contributed by atoms with Gasteiger partial charge in [0.05, 0.1) is 45.5 Å². The molecular weight excluding hydrogens is 584 g/mol. The molecule has 0 aliphatic carbocycles. The van der Waals surface area contributed by atoms with Crippen LogP contribution in [0.3, 0.4) is 0 Å². The van der Waals surface area contributed by atoms with Gasteiger partial charge in [0, 0.05) is 19.0 Å². The number of carbonyl (C=O) groups is 5. The minimum absolute atomic E-state index is 0.000356. The topological polar surface area (TPSA) is 170 Å². The van der Waals surface area contributed by atoms with E-state index >= 15 is 0 Å². The van der Waals surface area contributed by atoms with Crippen LogP contribution in [0.1, 0.15) is 29.6 Å². The van der Waals surface area contributed by atoms with E-state index in [2.05, 4.69) is 27.8 Å². The third-order valence-corrected chi connectivity index (χ3v) is 7.25. The number of Topliss-reactive ketones (excluding diaryl/α,β-unsaturated/α-hetero) is 1. The first-order chi connectivity index (χ1) is 21.7. The van der Waals surface area contributed by atoms with Gasteiger partial charge in [-0.3, -0.25) is 19.2 Å². The summed E-state index contributed by atoms with van der Waals surface area (Å²) in [6.45, 7) is 3.53. The van der Waals surface area contributed by atoms with Crippen LogP contribution in [-0.4, -0.2) is 83.1 Å². The number of piperidine rings is 1. The average Bonchev–Trinajstić information content (AvgIpc) is 3.16. The highest BCUT2D eigenvalue weighted by atomic mass is 16.5. The first-order valence-electron chi connectivity index (χ1n) is 14.5. The van der Waals surface area contributed by atoms with Crippen molar-refractivity contribution in [2.75, 3.05) is 47.6 Å². The van der Waals surface area contributed by atoms with E-state index in [1.165, 1.54) is 21.3 Å². The van der Waals surface area contributed by atoms with Crippen LogP contribution < -0.4 is 30.7 Å². The van der Waals surface area contributed by atoms with Crippen molar-refractivity contribution in [1.82, 2.24) is 21.3 Å². The second kappa shape index (κ2) is 17.3. The van der Waals surface area contributed by atoms with Crippen LogP contribution >= 0.6 is 0 Å². The lowest BCUT2D eigenvalue weighted by atomic mass is 9.90. The molecule has 13 nitrogen and oxygen atoms in total. The number of allylic oxidation sites excluding steroid dienone is 3. The molecule has 1 saturated heterocycles. The van der Waals surface area contributed by atoms with Gasteiger partial charge in [0.2, 0.25) is 11.8 Å². The molecule has 2 aliphatic heterocycles. The van der Waals surface area contributed by atoms with Crippen molar-refractivity contribution in [3.05, 3.63) is 72.2 Å². The Balaban J connectivity index is 1.69. The molecule has 1 fully saturated rings. The number of hydrogen-bond acceptors (Lipinski definition) is 10. The Bertz CT molecular complexity index is 1350. The number of methoxy groups -OCH3 is 3. The van der Waals surface area contributed by atoms with Crippen LogP contribution in [0, 0.1) is 11.8 Å². The number of esters is 1. The molecule has 13 heteroatoms. The predicted octanol–water partition coefficient (Wildman–Crippen LogP) is 1.32. The molecule has 1 aromatic carbocycles. The van der Waals surface area contributed by atoms with E-state index in [-0.39, 0.29) is 35.1 Å². The predicted molar refractivity (Wildman–Crippen MR) is 164 cm³/mol. The number of rotatable bonds is 14. The number of benzene rings is 1. The van der Waals surface area contributed by atoms with Crippen LogP contribution in [0.4, 0.5) is 0 Å². The lowest BCUT2D eigenvalue weighted by molar-refractivity contribution is -0.132. The van der Waals surface area contributed by atoms with E-state index in [4.69, 9.17) is 18.9 Å². The monoisotopic (exact) mass is 624 g/mol. The SMILES string of the molecule is C=CC1/C=C(/C(=O)NCC(=O)N[C@@H](C[C@@H]2CCCNC2=O)C(=O)COC(=O)c2c(OC)cccc2OC)NC/C=C\C=C/1OC. The second-order valence-corrected chi connectivity index (χ2v) is 10.2. The second-order valence-electron chi connectivity index (χ2n) is 10.2. The molecule has 0 bridgehead atoms. The zero-order valence-corrected chi connectivity index (χ0v) is 25.7. The highest BCUT2D eigenvalue weighted by molar-refractivity contribution is 5.99. The number of ether oxygens (including phenoxy) is 4. The summed E-state index contributed by atoms with van der Waals surface area (Å²) in [5, 5.41) is 10.9. The first-order valence-corrected chi connectivity index (χ1v) is 14.5. The van der Waals surface area contributed by atoms with Crippen LogP contribution in [-0.2, 0) is 28.7 Å². The minimum atomic E-state index is -1.16. The molecule has 0 radical (unpaired) electrons. The Labute approximate surface area is 262 Å². The summed E-state index contributed by atoms with van der Waals surface area (Å²) in [6, 6.07) is 3.56. The summed E-state index contributed by atoms with van der Waals surface area (Å²) in [6.07, 6.45) is 9.83. The Morgan fingerprint density at radius 2 is 1.82 bits per heavy atom. The van der Waals surface area contributed by atoms with E-state index in [9.17, 15) is 24.0 Å². The first kappa shape index (κ1) is 34.4. The van der Waals surface area contributed by atoms with Gasteiger partial charge < -0.3 is 40.2 Å². The molecule has 2 aliphatic rings. The van der Waals surface area contributed by atoms with Gasteiger partial charge in [-0.05, 0) is 43.5 Å². The Kier molecular flexibility index (Phi) is 13.2. The van der Waals surface area contributed by atoms with Gasteiger partial charge in [-0.15, -0.1) is 6.58 Å². The van der Waals surface area contributed by atoms with Crippen LogP contribution in [0.2, 0.25) is 0 Å². The van der Waals surface area contributed by atoms with Crippen molar-refractivity contribution in [2.24, 2.45) is 11.8 Å². The molecule has 2 heterocycles. The van der Waals surface area contributed by atoms with Crippen molar-refractivity contribution < 1.29 is 42.9 Å². The van der Waals surface area contributed by atoms with E-state index in [1.807, 2.05) is 0 Å². The summed E-state index contributed by atoms with van der Waals surface area (Å²) in [5.74, 6) is -2.92. The molecular formula is C32H40N4O9. The summed E-state index contributed by atoms with van der Waals surface area (Å²) >= 11 is 0. The molecule has 0 saturated carbocycles. The van der Waals surface area contributed by atoms with Gasteiger partial charge in [0.25, 0.3) is 5.91 Å². The molecule has 242 valence electrons. The molecule has 3 rings (SSSR count). The molecule has 1 aromatic rings. The fourth-order valence-corrected chi connectivity index (χ4v) is 4.85. The fourth-order valence-electron chi connectivity index (χ4n) is 4.85. The lowest BCUT2D eigenvalue weighted by Crippen LogP contribution is -2.49. The summed E-state index contributed by atoms with van der Waals surface area (Å²) in [5.41, 5.74) is 0.202. The molecule has 0 spiro atoms. The maximum absolute atomic E-state index is 13.3. The van der Waals surface area contributed by atoms with E-state index in [1.54, 1.807) is 48.6 Å². The van der Waals surface area contributed by atoms with E-state index < -0.39 is 54.6 Å². The lowest BCUT2D eigenvalue weighted by Gasteiger charge is -2.26. The largest absolute Gasteiger partial charge is 0.500 e. The smallest absolute Gasteiger partial charge is 0.346 e. The van der Waals surface area contributed by atoms with Gasteiger partial charge in [0.15, 0.2) is 12.4 Å². The van der Waals surface area contributed by atoms with Crippen molar-refractivity contribution in [1.29, 1.82) is 0 Å². The van der Waals surface area contributed by atoms with Crippen LogP contribution in [0.25, 0.3) is 0 Å². The number of hydrogen-bond donors (Lipinski definition) is 4. The summed E-state index contributed by atoms with van der Waals surface area (Å²) < 4.78 is 21.2. The molecule has 4 N–H and O–H groups in total. The van der Waals surface area contributed by atoms with Gasteiger partial charge in [-0.25, -0.2) is 4.79 Å². The van der Waals surface area contributed by atoms with Gasteiger partial charge in [0.1, 0.15) is 22.8 Å². The summed E-state index contributed by atoms with van der Waals surface area (Å²) in [4.78, 5) is 64.6. The van der Waals surface area contributed by atoms with Gasteiger partial charge >= 0.3 is 5.97 Å². The van der Waals surface area contributed by atoms with E-state index in [0.29, 0.717) is 31.7 Å². The van der Waals surface area contributed by atoms with Crippen molar-refractivity contribution in [2.45, 2.75) is 25.3 Å². The zero-order chi connectivity index (χ0) is 32.8. The highest BCUT2D eigenvalue weighted by Gasteiger charge is 2.31. The highest BCUT2D eigenvalue weighted by Crippen LogP contribution is 2.29. The molecule has 0 aromatic heterocycles. The van der Waals surface area contributed by atoms with Crippen LogP contribution in [0.15, 0.2) is 66.6 Å². The Morgan fingerprint density at radius 1 is 1.09 bits per heavy atom. The van der Waals surface area contributed by atoms with Crippen LogP contribution in [0.5, 0.6) is 11.5 Å². The van der Waals surface area contributed by atoms with Crippen molar-refractivity contribution in [3.8, 4) is 11.5 Å². The molecule has 1 unspecified atom stereocenters. The third kappa shape index (κ3) is 9.71. The number of amides is 3. The van der Waals surface area contributed by atoms with Crippen molar-refractivity contribution in [3.63, 3.8) is 0 Å². The average molecular weight is 625 g/mol. The van der Waals surface area contributed by atoms with Gasteiger partial charge in [-0.1, -0.05) is 24.3 Å². The van der Waals surface area contributed by atoms with Gasteiger partial charge in [-0.2, -0.15) is 0 Å². The zero-order valence-electron chi connectivity index (χ0n) is 25.7. The molecule has 45 heavy (non-hydrogen) atoms. The maximum Gasteiger partial charge on any atom is 0.346 e. The number of ketones is 1. The quantitative estimate of drug-likeness (QED) is 0.175. The maximum atomic E-state index is 13.3. The Hall–Kier alpha value is -5.07.